The number of guanidine groups is 1. The van der Waals surface area contributed by atoms with Crippen molar-refractivity contribution in [2.45, 2.75) is 26.9 Å². The summed E-state index contributed by atoms with van der Waals surface area (Å²) >= 11 is 0. The largest absolute Gasteiger partial charge is 0.496 e. The van der Waals surface area contributed by atoms with E-state index in [2.05, 4.69) is 29.5 Å². The number of halogens is 1. The summed E-state index contributed by atoms with van der Waals surface area (Å²) in [6.07, 6.45) is 1.13. The van der Waals surface area contributed by atoms with E-state index in [9.17, 15) is 0 Å². The number of hydrogen-bond acceptors (Lipinski definition) is 3. The van der Waals surface area contributed by atoms with Crippen molar-refractivity contribution in [1.29, 1.82) is 0 Å². The molecule has 0 fully saturated rings. The van der Waals surface area contributed by atoms with Gasteiger partial charge in [-0.2, -0.15) is 0 Å². The predicted molar refractivity (Wildman–Crippen MR) is 107 cm³/mol. The predicted octanol–water partition coefficient (Wildman–Crippen LogP) is 3.04. The first-order valence-corrected chi connectivity index (χ1v) is 7.81. The summed E-state index contributed by atoms with van der Waals surface area (Å²) in [6, 6.07) is 7.90. The van der Waals surface area contributed by atoms with Gasteiger partial charge in [-0.1, -0.05) is 32.0 Å². The van der Waals surface area contributed by atoms with Crippen LogP contribution in [0.4, 0.5) is 0 Å². The molecule has 0 aliphatic heterocycles. The number of ether oxygens (including phenoxy) is 2. The van der Waals surface area contributed by atoms with Crippen LogP contribution in [0, 0.1) is 5.92 Å². The van der Waals surface area contributed by atoms with Crippen LogP contribution in [-0.2, 0) is 11.3 Å². The van der Waals surface area contributed by atoms with Crippen molar-refractivity contribution >= 4 is 29.9 Å². The number of para-hydroxylation sites is 1. The van der Waals surface area contributed by atoms with Crippen LogP contribution >= 0.6 is 24.0 Å². The molecule has 6 heteroatoms. The van der Waals surface area contributed by atoms with Gasteiger partial charge in [0.25, 0.3) is 0 Å². The summed E-state index contributed by atoms with van der Waals surface area (Å²) in [5.41, 5.74) is 1.06. The second-order valence-corrected chi connectivity index (χ2v) is 5.47. The van der Waals surface area contributed by atoms with E-state index >= 15 is 0 Å². The van der Waals surface area contributed by atoms with Gasteiger partial charge >= 0.3 is 0 Å². The van der Waals surface area contributed by atoms with Gasteiger partial charge in [-0.05, 0) is 18.4 Å². The lowest BCUT2D eigenvalue weighted by molar-refractivity contribution is 0.123. The Morgan fingerprint density at radius 2 is 1.87 bits per heavy atom. The summed E-state index contributed by atoms with van der Waals surface area (Å²) in [6.45, 7) is 7.23. The maximum atomic E-state index is 5.67. The number of aliphatic imine (C=N–C) groups is 1. The van der Waals surface area contributed by atoms with E-state index in [1.807, 2.05) is 24.3 Å². The third kappa shape index (κ3) is 9.65. The van der Waals surface area contributed by atoms with Crippen LogP contribution in [0.25, 0.3) is 0 Å². The molecule has 132 valence electrons. The molecule has 1 rings (SSSR count). The third-order valence-electron chi connectivity index (χ3n) is 3.23. The van der Waals surface area contributed by atoms with E-state index in [0.717, 1.165) is 36.8 Å². The summed E-state index contributed by atoms with van der Waals surface area (Å²) in [5, 5.41) is 6.53. The number of nitrogens with one attached hydrogen (secondary N) is 2. The van der Waals surface area contributed by atoms with Crippen LogP contribution in [0.3, 0.4) is 0 Å². The first kappa shape index (κ1) is 22.0. The molecule has 0 aliphatic carbocycles. The van der Waals surface area contributed by atoms with Crippen molar-refractivity contribution < 1.29 is 9.47 Å². The van der Waals surface area contributed by atoms with Gasteiger partial charge in [-0.15, -0.1) is 24.0 Å². The van der Waals surface area contributed by atoms with Gasteiger partial charge in [0.15, 0.2) is 5.96 Å². The SMILES string of the molecule is CN=C(NCCOCc1ccccc1OC)NCCC(C)C.I. The lowest BCUT2D eigenvalue weighted by Gasteiger charge is -2.13. The molecule has 0 bridgehead atoms. The highest BCUT2D eigenvalue weighted by molar-refractivity contribution is 14.0. The van der Waals surface area contributed by atoms with E-state index in [4.69, 9.17) is 9.47 Å². The second-order valence-electron chi connectivity index (χ2n) is 5.47. The van der Waals surface area contributed by atoms with E-state index in [-0.39, 0.29) is 24.0 Å². The van der Waals surface area contributed by atoms with E-state index in [1.54, 1.807) is 14.2 Å². The molecule has 0 saturated heterocycles. The van der Waals surface area contributed by atoms with Crippen LogP contribution in [0.1, 0.15) is 25.8 Å². The Labute approximate surface area is 157 Å². The lowest BCUT2D eigenvalue weighted by atomic mass is 10.1. The van der Waals surface area contributed by atoms with Crippen molar-refractivity contribution in [3.63, 3.8) is 0 Å². The summed E-state index contributed by atoms with van der Waals surface area (Å²) in [4.78, 5) is 4.19. The number of methoxy groups -OCH3 is 1. The van der Waals surface area contributed by atoms with Crippen LogP contribution < -0.4 is 15.4 Å². The molecule has 0 unspecified atom stereocenters. The molecular formula is C17H30IN3O2. The Morgan fingerprint density at radius 1 is 1.17 bits per heavy atom. The lowest BCUT2D eigenvalue weighted by Crippen LogP contribution is -2.39. The first-order chi connectivity index (χ1) is 10.7. The van der Waals surface area contributed by atoms with Crippen LogP contribution in [-0.4, -0.2) is 39.8 Å². The molecular weight excluding hydrogens is 405 g/mol. The molecule has 23 heavy (non-hydrogen) atoms. The van der Waals surface area contributed by atoms with Crippen LogP contribution in [0.2, 0.25) is 0 Å². The molecule has 0 radical (unpaired) electrons. The van der Waals surface area contributed by atoms with E-state index in [1.165, 1.54) is 0 Å². The Balaban J connectivity index is 0.00000484. The molecule has 0 amide bonds. The zero-order valence-corrected chi connectivity index (χ0v) is 16.9. The Morgan fingerprint density at radius 3 is 2.52 bits per heavy atom. The molecule has 2 N–H and O–H groups in total. The zero-order chi connectivity index (χ0) is 16.2. The van der Waals surface area contributed by atoms with Crippen molar-refractivity contribution in [2.24, 2.45) is 10.9 Å². The quantitative estimate of drug-likeness (QED) is 0.271. The average Bonchev–Trinajstić information content (AvgIpc) is 2.52. The number of hydrogen-bond donors (Lipinski definition) is 2. The maximum Gasteiger partial charge on any atom is 0.191 e. The highest BCUT2D eigenvalue weighted by atomic mass is 127. The van der Waals surface area contributed by atoms with E-state index in [0.29, 0.717) is 19.1 Å². The van der Waals surface area contributed by atoms with Gasteiger partial charge in [0, 0.05) is 25.7 Å². The molecule has 1 aromatic carbocycles. The molecule has 0 heterocycles. The molecule has 0 aromatic heterocycles. The fourth-order valence-corrected chi connectivity index (χ4v) is 1.95. The van der Waals surface area contributed by atoms with Gasteiger partial charge in [-0.3, -0.25) is 4.99 Å². The second kappa shape index (κ2) is 13.4. The monoisotopic (exact) mass is 435 g/mol. The highest BCUT2D eigenvalue weighted by Gasteiger charge is 2.02. The molecule has 0 atom stereocenters. The van der Waals surface area contributed by atoms with Crippen molar-refractivity contribution in [3.05, 3.63) is 29.8 Å². The van der Waals surface area contributed by atoms with Gasteiger partial charge in [0.05, 0.1) is 20.3 Å². The third-order valence-corrected chi connectivity index (χ3v) is 3.23. The Bertz CT molecular complexity index is 453. The smallest absolute Gasteiger partial charge is 0.191 e. The number of rotatable bonds is 9. The van der Waals surface area contributed by atoms with Gasteiger partial charge < -0.3 is 20.1 Å². The minimum atomic E-state index is 0. The molecule has 1 aromatic rings. The number of benzene rings is 1. The molecule has 0 saturated carbocycles. The fourth-order valence-electron chi connectivity index (χ4n) is 1.95. The minimum Gasteiger partial charge on any atom is -0.496 e. The van der Waals surface area contributed by atoms with Gasteiger partial charge in [0.2, 0.25) is 0 Å². The Hall–Kier alpha value is -1.02. The van der Waals surface area contributed by atoms with Crippen LogP contribution in [0.15, 0.2) is 29.3 Å². The average molecular weight is 435 g/mol. The van der Waals surface area contributed by atoms with E-state index < -0.39 is 0 Å². The fraction of sp³-hybridized carbons (Fsp3) is 0.588. The zero-order valence-electron chi connectivity index (χ0n) is 14.6. The number of nitrogens with zero attached hydrogens (tertiary/aromatic N) is 1. The van der Waals surface area contributed by atoms with Crippen molar-refractivity contribution in [2.75, 3.05) is 33.9 Å². The summed E-state index contributed by atoms with van der Waals surface area (Å²) in [5.74, 6) is 2.37. The van der Waals surface area contributed by atoms with Crippen molar-refractivity contribution in [3.8, 4) is 5.75 Å². The molecule has 0 spiro atoms. The maximum absolute atomic E-state index is 5.67. The minimum absolute atomic E-state index is 0. The van der Waals surface area contributed by atoms with Crippen LogP contribution in [0.5, 0.6) is 5.75 Å². The topological polar surface area (TPSA) is 54.9 Å². The molecule has 5 nitrogen and oxygen atoms in total. The summed E-state index contributed by atoms with van der Waals surface area (Å²) in [7, 11) is 3.45. The van der Waals surface area contributed by atoms with Gasteiger partial charge in [-0.25, -0.2) is 0 Å². The Kier molecular flexibility index (Phi) is 12.8. The standard InChI is InChI=1S/C17H29N3O2.HI/c1-14(2)9-10-19-17(18-3)20-11-12-22-13-15-7-5-6-8-16(15)21-4;/h5-8,14H,9-13H2,1-4H3,(H2,18,19,20);1H. The normalized spacial score (nSPS) is 11.1. The van der Waals surface area contributed by atoms with Gasteiger partial charge in [0.1, 0.15) is 5.75 Å². The summed E-state index contributed by atoms with van der Waals surface area (Å²) < 4.78 is 11.0. The first-order valence-electron chi connectivity index (χ1n) is 7.81. The molecule has 0 aliphatic rings. The highest BCUT2D eigenvalue weighted by Crippen LogP contribution is 2.17. The van der Waals surface area contributed by atoms with Crippen molar-refractivity contribution in [1.82, 2.24) is 10.6 Å².